The largest absolute Gasteiger partial charge is 0.497 e. The van der Waals surface area contributed by atoms with Crippen LogP contribution in [0.1, 0.15) is 128 Å². The van der Waals surface area contributed by atoms with Gasteiger partial charge in [0.15, 0.2) is 16.6 Å². The van der Waals surface area contributed by atoms with Crippen molar-refractivity contribution in [1.82, 2.24) is 0 Å². The van der Waals surface area contributed by atoms with Crippen LogP contribution in [0, 0.1) is 23.7 Å². The van der Waals surface area contributed by atoms with Crippen molar-refractivity contribution in [3.8, 4) is 33.8 Å². The van der Waals surface area contributed by atoms with Crippen molar-refractivity contribution in [2.45, 2.75) is 183 Å². The summed E-state index contributed by atoms with van der Waals surface area (Å²) in [6.07, 6.45) is 1.20. The molecule has 0 saturated heterocycles. The maximum Gasteiger partial charge on any atom is 0.310 e. The lowest BCUT2D eigenvalue weighted by Gasteiger charge is -2.36. The molecule has 101 heavy (non-hydrogen) atoms. The van der Waals surface area contributed by atoms with Gasteiger partial charge in [-0.1, -0.05) is 224 Å². The molecule has 0 saturated carbocycles. The fourth-order valence-corrected chi connectivity index (χ4v) is 12.4. The van der Waals surface area contributed by atoms with Crippen LogP contribution in [-0.4, -0.2) is 76.1 Å². The molecule has 0 aliphatic rings. The number of carboxylic acid groups (broad SMARTS) is 1. The van der Waals surface area contributed by atoms with E-state index in [1.165, 1.54) is 0 Å². The Morgan fingerprint density at radius 3 is 0.911 bits per heavy atom. The van der Waals surface area contributed by atoms with Crippen LogP contribution >= 0.6 is 0 Å². The summed E-state index contributed by atoms with van der Waals surface area (Å²) < 4.78 is 40.5. The molecule has 4 atom stereocenters. The Labute approximate surface area is 604 Å². The Morgan fingerprint density at radius 2 is 0.614 bits per heavy atom. The van der Waals surface area contributed by atoms with Gasteiger partial charge in [-0.15, -0.1) is 0 Å². The predicted octanol–water partition coefficient (Wildman–Crippen LogP) is 19.5. The molecule has 13 nitrogen and oxygen atoms in total. The average Bonchev–Trinajstić information content (AvgIpc) is 0.828. The highest BCUT2D eigenvalue weighted by Gasteiger charge is 2.41. The van der Waals surface area contributed by atoms with Gasteiger partial charge in [0.25, 0.3) is 0 Å². The van der Waals surface area contributed by atoms with Crippen LogP contribution < -0.4 is 9.47 Å². The summed E-state index contributed by atoms with van der Waals surface area (Å²) in [6.45, 7) is 34.9. The van der Waals surface area contributed by atoms with Gasteiger partial charge in [-0.3, -0.25) is 19.2 Å². The fraction of sp³-hybridized carbons (Fsp3) is 0.395. The Hall–Kier alpha value is -8.45. The van der Waals surface area contributed by atoms with Gasteiger partial charge in [0.2, 0.25) is 0 Å². The van der Waals surface area contributed by atoms with E-state index in [0.717, 1.165) is 78.3 Å². The first-order chi connectivity index (χ1) is 47.5. The summed E-state index contributed by atoms with van der Waals surface area (Å²) in [6, 6.07) is 67.0. The minimum absolute atomic E-state index is 0.0873. The summed E-state index contributed by atoms with van der Waals surface area (Å²) >= 11 is 0. The van der Waals surface area contributed by atoms with Crippen LogP contribution in [0.2, 0.25) is 36.3 Å². The molecule has 8 rings (SSSR count). The number of aliphatic hydroxyl groups excluding tert-OH is 1. The second kappa shape index (κ2) is 36.9. The van der Waals surface area contributed by atoms with Gasteiger partial charge < -0.3 is 42.7 Å². The summed E-state index contributed by atoms with van der Waals surface area (Å²) in [4.78, 5) is 53.5. The smallest absolute Gasteiger partial charge is 0.310 e. The average molecular weight is 1410 g/mol. The first-order valence-corrected chi connectivity index (χ1v) is 40.7. The van der Waals surface area contributed by atoms with Crippen molar-refractivity contribution in [1.29, 1.82) is 0 Å². The van der Waals surface area contributed by atoms with E-state index in [2.05, 4.69) is 128 Å². The highest BCUT2D eigenvalue weighted by Crippen LogP contribution is 2.39. The number of methoxy groups -OCH3 is 2. The number of carbonyl (C=O) groups is 4. The zero-order valence-electron chi connectivity index (χ0n) is 63.0. The van der Waals surface area contributed by atoms with Crippen LogP contribution in [-0.2, 0) is 94.4 Å². The molecule has 0 unspecified atom stereocenters. The number of carboxylic acids is 1. The Kier molecular flexibility index (Phi) is 29.8. The first kappa shape index (κ1) is 81.5. The molecule has 0 amide bonds. The minimum Gasteiger partial charge on any atom is -0.497 e. The fourth-order valence-electron chi connectivity index (χ4n) is 10.5. The van der Waals surface area contributed by atoms with E-state index in [-0.39, 0.29) is 36.1 Å². The molecule has 0 heterocycles. The van der Waals surface area contributed by atoms with Crippen LogP contribution in [0.25, 0.3) is 22.3 Å². The number of rotatable bonds is 27. The number of ether oxygens (including phenoxy) is 5. The number of carbonyl (C=O) groups excluding carboxylic acids is 3. The highest BCUT2D eigenvalue weighted by atomic mass is 28.4. The third-order valence-corrected chi connectivity index (χ3v) is 27.7. The van der Waals surface area contributed by atoms with E-state index in [0.29, 0.717) is 26.1 Å². The zero-order valence-corrected chi connectivity index (χ0v) is 65.0. The molecule has 0 aromatic heterocycles. The van der Waals surface area contributed by atoms with Crippen LogP contribution in [0.15, 0.2) is 206 Å². The van der Waals surface area contributed by atoms with Crippen molar-refractivity contribution in [3.63, 3.8) is 0 Å². The lowest BCUT2D eigenvalue weighted by molar-refractivity contribution is -0.168. The van der Waals surface area contributed by atoms with E-state index in [9.17, 15) is 24.3 Å². The summed E-state index contributed by atoms with van der Waals surface area (Å²) in [7, 11) is -0.420. The molecule has 2 N–H and O–H groups in total. The SMILES string of the molecule is CC(C)(C)OC(=O)[C@@H](Cc1ccc(-c2ccc(CO[Si](C)(C)C(C)(C)C)cc2)cc1)[C@H](Cc1ccccc1)C(=O)O.COc1ccc(CO)cc1.COc1ccc(COC(=O)[C@H](Cc2ccccc2)[C@H](Cc2ccc(-c3ccc(CO[Si](C)(C)C(C)(C)C)cc3)cc2)C(=O)OC(C)(C)C)cc1. The quantitative estimate of drug-likeness (QED) is 0.0283. The number of aliphatic hydroxyl groups is 1. The second-order valence-corrected chi connectivity index (χ2v) is 40.6. The summed E-state index contributed by atoms with van der Waals surface area (Å²) in [5, 5.41) is 19.1. The van der Waals surface area contributed by atoms with Crippen LogP contribution in [0.5, 0.6) is 11.5 Å². The van der Waals surface area contributed by atoms with Crippen molar-refractivity contribution in [3.05, 3.63) is 251 Å². The molecular formula is C86H110O13Si2. The molecule has 0 aliphatic carbocycles. The number of esters is 3. The number of aliphatic carboxylic acids is 1. The normalized spacial score (nSPS) is 13.1. The van der Waals surface area contributed by atoms with Gasteiger partial charge in [-0.05, 0) is 195 Å². The summed E-state index contributed by atoms with van der Waals surface area (Å²) in [5.41, 5.74) is 10.6. The third kappa shape index (κ3) is 26.5. The van der Waals surface area contributed by atoms with Gasteiger partial charge >= 0.3 is 23.9 Å². The molecular weight excluding hydrogens is 1300 g/mol. The van der Waals surface area contributed by atoms with Crippen LogP contribution in [0.3, 0.4) is 0 Å². The van der Waals surface area contributed by atoms with Gasteiger partial charge in [0.05, 0.1) is 57.7 Å². The molecule has 0 aliphatic heterocycles. The number of benzene rings is 8. The monoisotopic (exact) mass is 1410 g/mol. The van der Waals surface area contributed by atoms with Crippen molar-refractivity contribution >= 4 is 40.5 Å². The van der Waals surface area contributed by atoms with Crippen molar-refractivity contribution < 1.29 is 61.9 Å². The van der Waals surface area contributed by atoms with Gasteiger partial charge in [-0.25, -0.2) is 0 Å². The van der Waals surface area contributed by atoms with E-state index in [1.54, 1.807) is 35.0 Å². The molecule has 8 aromatic rings. The van der Waals surface area contributed by atoms with Gasteiger partial charge in [-0.2, -0.15) is 0 Å². The standard InChI is InChI=1S/C43H54O6Si.C35H46O5Si.C8H10O2/c1-42(2,3)49-41(45)39(38(27-31-13-11-10-12-14-31)40(44)47-29-33-19-25-37(46-7)26-20-33)28-32-15-21-35(22-16-32)36-23-17-34(18-24-36)30-48-50(8,9)43(4,5)6;1-34(2,3)40-33(38)31(30(32(36)37)22-25-12-10-9-11-13-25)23-26-14-18-28(19-15-26)29-20-16-27(17-21-29)24-39-41(7,8)35(4,5)6;1-10-8-4-2-7(6-9)3-5-8/h10-26,38-39H,27-30H2,1-9H3;9-21,30-31H,22-24H2,1-8H3,(H,36,37);2-5,9H,6H2,1H3/t38-,39+;30-,31-;/m10./s1. The van der Waals surface area contributed by atoms with Gasteiger partial charge in [0, 0.05) is 0 Å². The molecule has 0 bridgehead atoms. The maximum atomic E-state index is 13.9. The molecule has 0 fully saturated rings. The zero-order chi connectivity index (χ0) is 74.3. The Bertz CT molecular complexity index is 3800. The maximum absolute atomic E-state index is 13.9. The number of hydrogen-bond donors (Lipinski definition) is 2. The summed E-state index contributed by atoms with van der Waals surface area (Å²) in [5.74, 6) is -4.05. The van der Waals surface area contributed by atoms with E-state index >= 15 is 0 Å². The van der Waals surface area contributed by atoms with E-state index in [4.69, 9.17) is 37.6 Å². The molecule has 0 radical (unpaired) electrons. The molecule has 15 heteroatoms. The first-order valence-electron chi connectivity index (χ1n) is 34.9. The van der Waals surface area contributed by atoms with Crippen LogP contribution in [0.4, 0.5) is 0 Å². The van der Waals surface area contributed by atoms with Crippen molar-refractivity contribution in [2.75, 3.05) is 14.2 Å². The highest BCUT2D eigenvalue weighted by molar-refractivity contribution is 6.74. The molecule has 0 spiro atoms. The predicted molar refractivity (Wildman–Crippen MR) is 410 cm³/mol. The lowest BCUT2D eigenvalue weighted by atomic mass is 9.82. The van der Waals surface area contributed by atoms with Crippen molar-refractivity contribution in [2.24, 2.45) is 23.7 Å². The van der Waals surface area contributed by atoms with E-state index < -0.39 is 75.4 Å². The Balaban J connectivity index is 0.000000283. The Morgan fingerprint density at radius 1 is 0.347 bits per heavy atom. The number of hydrogen-bond acceptors (Lipinski definition) is 12. The molecule has 540 valence electrons. The third-order valence-electron chi connectivity index (χ3n) is 18.7. The second-order valence-electron chi connectivity index (χ2n) is 31.0. The van der Waals surface area contributed by atoms with Gasteiger partial charge in [0.1, 0.15) is 29.3 Å². The van der Waals surface area contributed by atoms with E-state index in [1.807, 2.05) is 166 Å². The topological polar surface area (TPSA) is 173 Å². The minimum atomic E-state index is -1.83. The molecule has 8 aromatic carbocycles. The lowest BCUT2D eigenvalue weighted by Crippen LogP contribution is -2.40.